The fourth-order valence-corrected chi connectivity index (χ4v) is 3.19. The molecule has 3 heteroatoms. The van der Waals surface area contributed by atoms with Gasteiger partial charge in [0.1, 0.15) is 5.75 Å². The molecule has 0 aromatic heterocycles. The lowest BCUT2D eigenvalue weighted by molar-refractivity contribution is 0.382. The van der Waals surface area contributed by atoms with Crippen molar-refractivity contribution in [3.8, 4) is 5.75 Å². The fourth-order valence-electron chi connectivity index (χ4n) is 3.01. The highest BCUT2D eigenvalue weighted by atomic mass is 35.5. The van der Waals surface area contributed by atoms with E-state index in [-0.39, 0.29) is 0 Å². The van der Waals surface area contributed by atoms with Crippen molar-refractivity contribution >= 4 is 22.4 Å². The van der Waals surface area contributed by atoms with Crippen LogP contribution in [0.2, 0.25) is 5.02 Å². The average molecular weight is 290 g/mol. The van der Waals surface area contributed by atoms with Crippen LogP contribution in [0.1, 0.15) is 24.8 Å². The highest BCUT2D eigenvalue weighted by Crippen LogP contribution is 2.29. The zero-order chi connectivity index (χ0) is 13.9. The largest absolute Gasteiger partial charge is 0.496 e. The van der Waals surface area contributed by atoms with Gasteiger partial charge in [0.25, 0.3) is 0 Å². The summed E-state index contributed by atoms with van der Waals surface area (Å²) in [6.07, 6.45) is 4.88. The Bertz CT molecular complexity index is 605. The number of piperidine rings is 1. The van der Waals surface area contributed by atoms with Gasteiger partial charge in [-0.2, -0.15) is 0 Å². The minimum Gasteiger partial charge on any atom is -0.496 e. The van der Waals surface area contributed by atoms with Crippen LogP contribution < -0.4 is 10.1 Å². The summed E-state index contributed by atoms with van der Waals surface area (Å²) in [4.78, 5) is 0. The van der Waals surface area contributed by atoms with Crippen molar-refractivity contribution in [2.24, 2.45) is 0 Å². The van der Waals surface area contributed by atoms with Crippen molar-refractivity contribution in [1.82, 2.24) is 5.32 Å². The van der Waals surface area contributed by atoms with Crippen LogP contribution in [0.5, 0.6) is 5.75 Å². The number of benzene rings is 2. The van der Waals surface area contributed by atoms with E-state index in [1.807, 2.05) is 18.2 Å². The average Bonchev–Trinajstić information content (AvgIpc) is 2.47. The van der Waals surface area contributed by atoms with Gasteiger partial charge in [-0.1, -0.05) is 24.1 Å². The lowest BCUT2D eigenvalue weighted by Crippen LogP contribution is -2.35. The Morgan fingerprint density at radius 2 is 2.10 bits per heavy atom. The monoisotopic (exact) mass is 289 g/mol. The number of hydrogen-bond donors (Lipinski definition) is 1. The molecule has 0 amide bonds. The summed E-state index contributed by atoms with van der Waals surface area (Å²) in [6.45, 7) is 1.13. The molecule has 1 atom stereocenters. The van der Waals surface area contributed by atoms with Crippen molar-refractivity contribution in [1.29, 1.82) is 0 Å². The van der Waals surface area contributed by atoms with E-state index >= 15 is 0 Å². The van der Waals surface area contributed by atoms with Gasteiger partial charge in [-0.15, -0.1) is 0 Å². The molecule has 1 fully saturated rings. The van der Waals surface area contributed by atoms with Gasteiger partial charge >= 0.3 is 0 Å². The van der Waals surface area contributed by atoms with Crippen LogP contribution in [0.3, 0.4) is 0 Å². The summed E-state index contributed by atoms with van der Waals surface area (Å²) in [5, 5.41) is 6.74. The number of halogens is 1. The third-order valence-corrected chi connectivity index (χ3v) is 4.32. The molecule has 0 bridgehead atoms. The van der Waals surface area contributed by atoms with Crippen molar-refractivity contribution in [2.75, 3.05) is 13.7 Å². The molecule has 2 nitrogen and oxygen atoms in total. The van der Waals surface area contributed by atoms with Gasteiger partial charge in [0, 0.05) is 11.1 Å². The highest BCUT2D eigenvalue weighted by molar-refractivity contribution is 6.31. The van der Waals surface area contributed by atoms with Gasteiger partial charge in [-0.05, 0) is 66.4 Å². The zero-order valence-electron chi connectivity index (χ0n) is 11.8. The van der Waals surface area contributed by atoms with E-state index in [0.717, 1.165) is 23.7 Å². The Kier molecular flexibility index (Phi) is 4.13. The van der Waals surface area contributed by atoms with Crippen molar-refractivity contribution in [3.05, 3.63) is 40.9 Å². The Morgan fingerprint density at radius 1 is 1.20 bits per heavy atom. The fraction of sp³-hybridized carbons (Fsp3) is 0.412. The summed E-state index contributed by atoms with van der Waals surface area (Å²) in [5.74, 6) is 0.979. The minimum atomic E-state index is 0.564. The number of hydrogen-bond acceptors (Lipinski definition) is 2. The van der Waals surface area contributed by atoms with Crippen LogP contribution in [0.25, 0.3) is 10.8 Å². The second-order valence-corrected chi connectivity index (χ2v) is 5.94. The maximum Gasteiger partial charge on any atom is 0.122 e. The van der Waals surface area contributed by atoms with Crippen LogP contribution in [0, 0.1) is 0 Å². The molecule has 0 aliphatic carbocycles. The first kappa shape index (κ1) is 13.7. The van der Waals surface area contributed by atoms with Crippen molar-refractivity contribution in [3.63, 3.8) is 0 Å². The molecule has 1 unspecified atom stereocenters. The molecular weight excluding hydrogens is 270 g/mol. The van der Waals surface area contributed by atoms with Gasteiger partial charge in [-0.25, -0.2) is 0 Å². The first-order valence-corrected chi connectivity index (χ1v) is 7.63. The molecule has 106 valence electrons. The predicted octanol–water partition coefficient (Wildman–Crippen LogP) is 4.19. The van der Waals surface area contributed by atoms with Gasteiger partial charge in [0.05, 0.1) is 7.11 Å². The molecule has 0 radical (unpaired) electrons. The molecule has 2 aromatic carbocycles. The third kappa shape index (κ3) is 2.92. The summed E-state index contributed by atoms with van der Waals surface area (Å²) >= 11 is 6.09. The Hall–Kier alpha value is -1.25. The number of fused-ring (bicyclic) bond motifs is 1. The normalized spacial score (nSPS) is 19.2. The summed E-state index contributed by atoms with van der Waals surface area (Å²) in [6, 6.07) is 10.9. The second-order valence-electron chi connectivity index (χ2n) is 5.51. The predicted molar refractivity (Wildman–Crippen MR) is 84.9 cm³/mol. The topological polar surface area (TPSA) is 21.3 Å². The van der Waals surface area contributed by atoms with E-state index in [0.29, 0.717) is 6.04 Å². The summed E-state index contributed by atoms with van der Waals surface area (Å²) < 4.78 is 5.56. The Labute approximate surface area is 125 Å². The smallest absolute Gasteiger partial charge is 0.122 e. The molecule has 20 heavy (non-hydrogen) atoms. The summed E-state index contributed by atoms with van der Waals surface area (Å²) in [5.41, 5.74) is 1.27. The van der Waals surface area contributed by atoms with E-state index in [4.69, 9.17) is 16.3 Å². The van der Waals surface area contributed by atoms with E-state index in [9.17, 15) is 0 Å². The molecule has 0 saturated carbocycles. The molecule has 1 heterocycles. The first-order valence-electron chi connectivity index (χ1n) is 7.26. The third-order valence-electron chi connectivity index (χ3n) is 4.08. The lowest BCUT2D eigenvalue weighted by Gasteiger charge is -2.24. The molecule has 0 spiro atoms. The van der Waals surface area contributed by atoms with Crippen molar-refractivity contribution in [2.45, 2.75) is 31.7 Å². The Morgan fingerprint density at radius 3 is 2.85 bits per heavy atom. The first-order chi connectivity index (χ1) is 9.76. The molecule has 3 rings (SSSR count). The number of methoxy groups -OCH3 is 1. The second kappa shape index (κ2) is 6.02. The SMILES string of the molecule is COc1cc2ccc(Cl)cc2cc1CC1CCCCN1. The van der Waals surface area contributed by atoms with Gasteiger partial charge < -0.3 is 10.1 Å². The van der Waals surface area contributed by atoms with Crippen LogP contribution in [-0.2, 0) is 6.42 Å². The zero-order valence-corrected chi connectivity index (χ0v) is 12.5. The number of rotatable bonds is 3. The quantitative estimate of drug-likeness (QED) is 0.915. The standard InChI is InChI=1S/C17H20ClNO/c1-20-17-11-12-5-6-15(18)9-13(12)8-14(17)10-16-4-2-3-7-19-16/h5-6,8-9,11,16,19H,2-4,7,10H2,1H3. The molecular formula is C17H20ClNO. The highest BCUT2D eigenvalue weighted by Gasteiger charge is 2.16. The van der Waals surface area contributed by atoms with Crippen molar-refractivity contribution < 1.29 is 4.74 Å². The van der Waals surface area contributed by atoms with Crippen LogP contribution >= 0.6 is 11.6 Å². The van der Waals surface area contributed by atoms with Gasteiger partial charge in [0.15, 0.2) is 0 Å². The Balaban J connectivity index is 1.94. The van der Waals surface area contributed by atoms with Crippen LogP contribution in [-0.4, -0.2) is 19.7 Å². The molecule has 1 aliphatic heterocycles. The maximum absolute atomic E-state index is 6.09. The molecule has 1 saturated heterocycles. The van der Waals surface area contributed by atoms with E-state index in [2.05, 4.69) is 17.4 Å². The van der Waals surface area contributed by atoms with E-state index < -0.39 is 0 Å². The minimum absolute atomic E-state index is 0.564. The molecule has 1 N–H and O–H groups in total. The number of nitrogens with one attached hydrogen (secondary N) is 1. The van der Waals surface area contributed by atoms with Gasteiger partial charge in [0.2, 0.25) is 0 Å². The van der Waals surface area contributed by atoms with Crippen LogP contribution in [0.15, 0.2) is 30.3 Å². The lowest BCUT2D eigenvalue weighted by atomic mass is 9.95. The maximum atomic E-state index is 6.09. The molecule has 2 aromatic rings. The number of ether oxygens (including phenoxy) is 1. The van der Waals surface area contributed by atoms with Gasteiger partial charge in [-0.3, -0.25) is 0 Å². The summed E-state index contributed by atoms with van der Waals surface area (Å²) in [7, 11) is 1.74. The van der Waals surface area contributed by atoms with E-state index in [1.54, 1.807) is 7.11 Å². The molecule has 1 aliphatic rings. The van der Waals surface area contributed by atoms with E-state index in [1.165, 1.54) is 35.6 Å². The van der Waals surface area contributed by atoms with Crippen LogP contribution in [0.4, 0.5) is 0 Å².